The fraction of sp³-hybridized carbons (Fsp3) is 0.545. The summed E-state index contributed by atoms with van der Waals surface area (Å²) in [5, 5.41) is 0. The van der Waals surface area contributed by atoms with Crippen LogP contribution in [0.1, 0.15) is 23.1 Å². The van der Waals surface area contributed by atoms with Gasteiger partial charge in [-0.25, -0.2) is 15.0 Å². The zero-order chi connectivity index (χ0) is 21.8. The Kier molecular flexibility index (Phi) is 6.50. The van der Waals surface area contributed by atoms with Crippen LogP contribution in [-0.4, -0.2) is 96.7 Å². The molecule has 2 aliphatic rings. The number of aromatic nitrogens is 3. The van der Waals surface area contributed by atoms with Crippen molar-refractivity contribution in [3.63, 3.8) is 0 Å². The summed E-state index contributed by atoms with van der Waals surface area (Å²) < 4.78 is 5.36. The minimum absolute atomic E-state index is 0.00666. The average Bonchev–Trinajstić information content (AvgIpc) is 2.79. The van der Waals surface area contributed by atoms with E-state index in [0.717, 1.165) is 56.7 Å². The molecule has 0 bridgehead atoms. The summed E-state index contributed by atoms with van der Waals surface area (Å²) >= 11 is 0. The average molecular weight is 426 g/mol. The second-order valence-electron chi connectivity index (χ2n) is 8.02. The van der Waals surface area contributed by atoms with Crippen molar-refractivity contribution in [3.05, 3.63) is 35.8 Å². The van der Waals surface area contributed by atoms with Crippen LogP contribution < -0.4 is 14.5 Å². The van der Waals surface area contributed by atoms with Crippen molar-refractivity contribution >= 4 is 17.5 Å². The van der Waals surface area contributed by atoms with E-state index in [1.807, 2.05) is 18.7 Å². The topological polar surface area (TPSA) is 77.9 Å². The third-order valence-electron chi connectivity index (χ3n) is 5.80. The number of anilines is 2. The summed E-state index contributed by atoms with van der Waals surface area (Å²) in [4.78, 5) is 35.2. The summed E-state index contributed by atoms with van der Waals surface area (Å²) in [6, 6.07) is 5.62. The highest BCUT2D eigenvalue weighted by Crippen LogP contribution is 2.22. The zero-order valence-electron chi connectivity index (χ0n) is 18.6. The Morgan fingerprint density at radius 2 is 1.58 bits per heavy atom. The predicted molar refractivity (Wildman–Crippen MR) is 120 cm³/mol. The van der Waals surface area contributed by atoms with Crippen LogP contribution in [0, 0.1) is 6.92 Å². The largest absolute Gasteiger partial charge is 0.478 e. The molecule has 0 N–H and O–H groups in total. The van der Waals surface area contributed by atoms with E-state index in [2.05, 4.69) is 42.8 Å². The monoisotopic (exact) mass is 425 g/mol. The number of hydrogen-bond acceptors (Lipinski definition) is 8. The molecule has 4 rings (SSSR count). The predicted octanol–water partition coefficient (Wildman–Crippen LogP) is 1.29. The van der Waals surface area contributed by atoms with Gasteiger partial charge in [-0.15, -0.1) is 0 Å². The van der Waals surface area contributed by atoms with Gasteiger partial charge < -0.3 is 24.3 Å². The third kappa shape index (κ3) is 5.04. The van der Waals surface area contributed by atoms with E-state index in [-0.39, 0.29) is 5.91 Å². The van der Waals surface area contributed by atoms with Gasteiger partial charge in [0.1, 0.15) is 17.5 Å². The molecule has 4 heterocycles. The SMILES string of the molecule is CCOc1ccc(C(=O)N2CCN(c3cc(N4CCN(C)CC4)nc(C)n3)CC2)cn1. The van der Waals surface area contributed by atoms with Crippen LogP contribution in [-0.2, 0) is 0 Å². The van der Waals surface area contributed by atoms with Gasteiger partial charge in [0.2, 0.25) is 5.88 Å². The van der Waals surface area contributed by atoms with E-state index in [0.29, 0.717) is 31.1 Å². The van der Waals surface area contributed by atoms with Gasteiger partial charge in [-0.1, -0.05) is 0 Å². The van der Waals surface area contributed by atoms with Crippen LogP contribution in [0.25, 0.3) is 0 Å². The number of piperazine rings is 2. The van der Waals surface area contributed by atoms with Gasteiger partial charge in [0.05, 0.1) is 12.2 Å². The first kappa shape index (κ1) is 21.3. The minimum Gasteiger partial charge on any atom is -0.478 e. The highest BCUT2D eigenvalue weighted by atomic mass is 16.5. The summed E-state index contributed by atoms with van der Waals surface area (Å²) in [5.74, 6) is 3.27. The first-order valence-corrected chi connectivity index (χ1v) is 11.0. The maximum atomic E-state index is 12.8. The molecule has 9 heteroatoms. The Morgan fingerprint density at radius 3 is 2.13 bits per heavy atom. The second-order valence-corrected chi connectivity index (χ2v) is 8.02. The second kappa shape index (κ2) is 9.47. The van der Waals surface area contributed by atoms with Gasteiger partial charge in [0.15, 0.2) is 0 Å². The van der Waals surface area contributed by atoms with Crippen molar-refractivity contribution in [3.8, 4) is 5.88 Å². The van der Waals surface area contributed by atoms with Crippen LogP contribution in [0.4, 0.5) is 11.6 Å². The molecule has 31 heavy (non-hydrogen) atoms. The van der Waals surface area contributed by atoms with Crippen LogP contribution >= 0.6 is 0 Å². The Labute approximate surface area is 183 Å². The molecular weight excluding hydrogens is 394 g/mol. The first-order valence-electron chi connectivity index (χ1n) is 11.0. The number of carbonyl (C=O) groups is 1. The van der Waals surface area contributed by atoms with E-state index in [4.69, 9.17) is 4.74 Å². The molecule has 1 amide bonds. The molecule has 2 saturated heterocycles. The van der Waals surface area contributed by atoms with Crippen LogP contribution in [0.3, 0.4) is 0 Å². The van der Waals surface area contributed by atoms with Gasteiger partial charge in [0, 0.05) is 70.7 Å². The highest BCUT2D eigenvalue weighted by Gasteiger charge is 2.24. The van der Waals surface area contributed by atoms with Crippen molar-refractivity contribution in [2.75, 3.05) is 75.8 Å². The van der Waals surface area contributed by atoms with Gasteiger partial charge >= 0.3 is 0 Å². The number of likely N-dealkylation sites (N-methyl/N-ethyl adjacent to an activating group) is 1. The number of aryl methyl sites for hydroxylation is 1. The minimum atomic E-state index is 0.00666. The quantitative estimate of drug-likeness (QED) is 0.709. The number of ether oxygens (including phenoxy) is 1. The summed E-state index contributed by atoms with van der Waals surface area (Å²) in [5.41, 5.74) is 0.590. The lowest BCUT2D eigenvalue weighted by Gasteiger charge is -2.36. The molecule has 0 aliphatic carbocycles. The summed E-state index contributed by atoms with van der Waals surface area (Å²) in [7, 11) is 2.15. The van der Waals surface area contributed by atoms with Gasteiger partial charge in [-0.05, 0) is 27.0 Å². The lowest BCUT2D eigenvalue weighted by molar-refractivity contribution is 0.0746. The van der Waals surface area contributed by atoms with Gasteiger partial charge in [-0.2, -0.15) is 0 Å². The third-order valence-corrected chi connectivity index (χ3v) is 5.80. The molecule has 0 saturated carbocycles. The number of hydrogen-bond donors (Lipinski definition) is 0. The highest BCUT2D eigenvalue weighted by molar-refractivity contribution is 5.94. The molecular formula is C22H31N7O2. The Hall–Kier alpha value is -2.94. The zero-order valence-corrected chi connectivity index (χ0v) is 18.6. The normalized spacial score (nSPS) is 17.7. The van der Waals surface area contributed by atoms with Gasteiger partial charge in [-0.3, -0.25) is 4.79 Å². The lowest BCUT2D eigenvalue weighted by atomic mass is 10.2. The Morgan fingerprint density at radius 1 is 0.968 bits per heavy atom. The molecule has 2 aromatic rings. The molecule has 2 fully saturated rings. The molecule has 166 valence electrons. The fourth-order valence-electron chi connectivity index (χ4n) is 3.96. The molecule has 2 aliphatic heterocycles. The van der Waals surface area contributed by atoms with Crippen molar-refractivity contribution in [1.82, 2.24) is 24.8 Å². The van der Waals surface area contributed by atoms with Crippen molar-refractivity contribution < 1.29 is 9.53 Å². The van der Waals surface area contributed by atoms with Crippen LogP contribution in [0.2, 0.25) is 0 Å². The van der Waals surface area contributed by atoms with E-state index in [1.54, 1.807) is 18.3 Å². The molecule has 2 aromatic heterocycles. The summed E-state index contributed by atoms with van der Waals surface area (Å²) in [6.45, 7) is 11.2. The lowest BCUT2D eigenvalue weighted by Crippen LogP contribution is -2.49. The maximum Gasteiger partial charge on any atom is 0.255 e. The van der Waals surface area contributed by atoms with Gasteiger partial charge in [0.25, 0.3) is 5.91 Å². The number of rotatable bonds is 5. The van der Waals surface area contributed by atoms with E-state index < -0.39 is 0 Å². The van der Waals surface area contributed by atoms with Crippen LogP contribution in [0.5, 0.6) is 5.88 Å². The molecule has 9 nitrogen and oxygen atoms in total. The number of amides is 1. The summed E-state index contributed by atoms with van der Waals surface area (Å²) in [6.07, 6.45) is 1.59. The molecule has 0 radical (unpaired) electrons. The molecule has 0 unspecified atom stereocenters. The first-order chi connectivity index (χ1) is 15.0. The molecule has 0 spiro atoms. The smallest absolute Gasteiger partial charge is 0.255 e. The van der Waals surface area contributed by atoms with E-state index in [1.165, 1.54) is 0 Å². The Balaban J connectivity index is 1.38. The molecule has 0 aromatic carbocycles. The maximum absolute atomic E-state index is 12.8. The van der Waals surface area contributed by atoms with Crippen molar-refractivity contribution in [1.29, 1.82) is 0 Å². The standard InChI is InChI=1S/C22H31N7O2/c1-4-31-21-6-5-18(16-23-21)22(30)29-13-11-28(12-14-29)20-15-19(24-17(2)25-20)27-9-7-26(3)8-10-27/h5-6,15-16H,4,7-14H2,1-3H3. The fourth-order valence-corrected chi connectivity index (χ4v) is 3.96. The van der Waals surface area contributed by atoms with Crippen molar-refractivity contribution in [2.45, 2.75) is 13.8 Å². The van der Waals surface area contributed by atoms with E-state index >= 15 is 0 Å². The Bertz CT molecular complexity index is 889. The van der Waals surface area contributed by atoms with E-state index in [9.17, 15) is 4.79 Å². The van der Waals surface area contributed by atoms with Crippen LogP contribution in [0.15, 0.2) is 24.4 Å². The molecule has 0 atom stereocenters. The number of nitrogens with zero attached hydrogens (tertiary/aromatic N) is 7. The number of carbonyl (C=O) groups excluding carboxylic acids is 1. The number of pyridine rings is 1. The van der Waals surface area contributed by atoms with Crippen molar-refractivity contribution in [2.24, 2.45) is 0 Å².